The Morgan fingerprint density at radius 1 is 0.816 bits per heavy atom. The molecule has 0 spiro atoms. The van der Waals surface area contributed by atoms with Crippen LogP contribution in [0.4, 0.5) is 0 Å². The summed E-state index contributed by atoms with van der Waals surface area (Å²) in [6.45, 7) is 5.88. The number of hydrogen-bond donors (Lipinski definition) is 3. The van der Waals surface area contributed by atoms with Gasteiger partial charge in [-0.15, -0.1) is 0 Å². The molecule has 4 aromatic rings. The van der Waals surface area contributed by atoms with Gasteiger partial charge in [0.1, 0.15) is 46.3 Å². The lowest BCUT2D eigenvalue weighted by atomic mass is 9.82. The lowest BCUT2D eigenvalue weighted by molar-refractivity contribution is 0.0974. The highest BCUT2D eigenvalue weighted by Gasteiger charge is 2.34. The summed E-state index contributed by atoms with van der Waals surface area (Å²) in [4.78, 5) is 36.7. The van der Waals surface area contributed by atoms with Gasteiger partial charge in [0, 0.05) is 28.8 Å². The maximum atomic E-state index is 12.3. The van der Waals surface area contributed by atoms with E-state index in [1.807, 2.05) is 13.0 Å². The summed E-state index contributed by atoms with van der Waals surface area (Å²) in [5.41, 5.74) is 2.83. The summed E-state index contributed by atoms with van der Waals surface area (Å²) in [6, 6.07) is 10.4. The number of carbonyl (C=O) groups excluding carboxylic acids is 2. The molecule has 0 amide bonds. The average Bonchev–Trinajstić information content (AvgIpc) is 3.03. The first-order valence-electron chi connectivity index (χ1n) is 11.9. The Morgan fingerprint density at radius 2 is 1.55 bits per heavy atom. The van der Waals surface area contributed by atoms with Gasteiger partial charge in [-0.05, 0) is 56.5 Å². The Balaban J connectivity index is 0.000000155. The number of aryl methyl sites for hydroxylation is 2. The molecular formula is C30H24O8. The Kier molecular flexibility index (Phi) is 6.03. The fraction of sp³-hybridized carbons (Fsp3) is 0.167. The number of benzene rings is 3. The summed E-state index contributed by atoms with van der Waals surface area (Å²) in [5.74, 6) is -0.317. The summed E-state index contributed by atoms with van der Waals surface area (Å²) in [7, 11) is 0. The molecule has 8 heteroatoms. The molecule has 1 aromatic heterocycles. The van der Waals surface area contributed by atoms with Crippen LogP contribution in [0.15, 0.2) is 63.3 Å². The van der Waals surface area contributed by atoms with Crippen LogP contribution in [0.2, 0.25) is 0 Å². The van der Waals surface area contributed by atoms with Crippen LogP contribution in [0.5, 0.6) is 23.0 Å². The van der Waals surface area contributed by atoms with E-state index in [9.17, 15) is 29.7 Å². The molecule has 38 heavy (non-hydrogen) atoms. The van der Waals surface area contributed by atoms with Crippen molar-refractivity contribution in [2.75, 3.05) is 6.61 Å². The number of ketones is 2. The van der Waals surface area contributed by atoms with Crippen LogP contribution >= 0.6 is 0 Å². The summed E-state index contributed by atoms with van der Waals surface area (Å²) in [6.07, 6.45) is 2.55. The van der Waals surface area contributed by atoms with Crippen LogP contribution in [0.25, 0.3) is 11.0 Å². The van der Waals surface area contributed by atoms with Crippen LogP contribution in [0.1, 0.15) is 55.7 Å². The Hall–Kier alpha value is -4.85. The number of allylic oxidation sites excluding steroid dienone is 1. The molecule has 0 saturated carbocycles. The van der Waals surface area contributed by atoms with Gasteiger partial charge in [0.15, 0.2) is 11.2 Å². The number of hydrogen-bond acceptors (Lipinski definition) is 8. The molecule has 2 aliphatic rings. The van der Waals surface area contributed by atoms with Gasteiger partial charge in [0.25, 0.3) is 0 Å². The lowest BCUT2D eigenvalue weighted by Crippen LogP contribution is -2.21. The third kappa shape index (κ3) is 4.10. The number of phenolic OH excluding ortho intramolecular Hbond substituents is 3. The minimum absolute atomic E-state index is 0.0350. The van der Waals surface area contributed by atoms with Crippen molar-refractivity contribution in [1.29, 1.82) is 0 Å². The van der Waals surface area contributed by atoms with E-state index in [0.717, 1.165) is 5.57 Å². The van der Waals surface area contributed by atoms with E-state index in [4.69, 9.17) is 9.15 Å². The van der Waals surface area contributed by atoms with Crippen molar-refractivity contribution in [3.05, 3.63) is 103 Å². The highest BCUT2D eigenvalue weighted by atomic mass is 16.5. The highest BCUT2D eigenvalue weighted by Crippen LogP contribution is 2.38. The summed E-state index contributed by atoms with van der Waals surface area (Å²) in [5, 5.41) is 30.2. The molecule has 3 aromatic carbocycles. The SMILES string of the molecule is CC1=CCc2c(cc3oc(C)cc(=O)c3c2O)OC1.Cc1cc(O)c2c(c1)C(=O)c1cccc(O)c1C2=O. The van der Waals surface area contributed by atoms with Crippen molar-refractivity contribution in [3.63, 3.8) is 0 Å². The number of ether oxygens (including phenoxy) is 1. The third-order valence-electron chi connectivity index (χ3n) is 6.54. The van der Waals surface area contributed by atoms with Gasteiger partial charge < -0.3 is 24.5 Å². The molecule has 1 aliphatic heterocycles. The molecule has 2 heterocycles. The van der Waals surface area contributed by atoms with Gasteiger partial charge in [-0.2, -0.15) is 0 Å². The maximum absolute atomic E-state index is 12.3. The van der Waals surface area contributed by atoms with Crippen molar-refractivity contribution in [1.82, 2.24) is 0 Å². The first-order valence-corrected chi connectivity index (χ1v) is 11.9. The molecule has 0 radical (unpaired) electrons. The number of carbonyl (C=O) groups is 2. The van der Waals surface area contributed by atoms with Crippen molar-refractivity contribution in [2.45, 2.75) is 27.2 Å². The Bertz CT molecular complexity index is 1760. The molecule has 192 valence electrons. The van der Waals surface area contributed by atoms with E-state index in [-0.39, 0.29) is 56.1 Å². The zero-order valence-electron chi connectivity index (χ0n) is 20.9. The topological polar surface area (TPSA) is 134 Å². The average molecular weight is 513 g/mol. The molecule has 0 saturated heterocycles. The molecule has 0 unspecified atom stereocenters. The predicted octanol–water partition coefficient (Wildman–Crippen LogP) is 4.87. The fourth-order valence-electron chi connectivity index (χ4n) is 4.72. The second kappa shape index (κ2) is 9.23. The van der Waals surface area contributed by atoms with Crippen molar-refractivity contribution in [3.8, 4) is 23.0 Å². The van der Waals surface area contributed by atoms with Crippen LogP contribution < -0.4 is 10.2 Å². The summed E-state index contributed by atoms with van der Waals surface area (Å²) >= 11 is 0. The van der Waals surface area contributed by atoms with E-state index < -0.39 is 5.78 Å². The van der Waals surface area contributed by atoms with Crippen molar-refractivity contribution >= 4 is 22.5 Å². The molecule has 8 nitrogen and oxygen atoms in total. The standard InChI is InChI=1S/C15H14O4.C15H10O4/c1-8-3-4-10-12(18-7-8)6-13-14(15(10)17)11(16)5-9(2)19-13;1-7-5-9-13(11(17)6-7)15(19)12-8(14(9)18)3-2-4-10(12)16/h3,5-6,17H,4,7H2,1-2H3;2-6,16-17H,1H3. The van der Waals surface area contributed by atoms with Crippen molar-refractivity contribution < 1.29 is 34.1 Å². The molecule has 0 fully saturated rings. The minimum atomic E-state index is -0.528. The smallest absolute Gasteiger partial charge is 0.201 e. The van der Waals surface area contributed by atoms with E-state index in [1.54, 1.807) is 26.0 Å². The van der Waals surface area contributed by atoms with Crippen molar-refractivity contribution in [2.24, 2.45) is 0 Å². The van der Waals surface area contributed by atoms with Crippen LogP contribution in [-0.2, 0) is 6.42 Å². The number of rotatable bonds is 0. The van der Waals surface area contributed by atoms with E-state index in [1.165, 1.54) is 30.3 Å². The van der Waals surface area contributed by atoms with Gasteiger partial charge >= 0.3 is 0 Å². The van der Waals surface area contributed by atoms with Gasteiger partial charge in [0.05, 0.1) is 11.1 Å². The quantitative estimate of drug-likeness (QED) is 0.250. The largest absolute Gasteiger partial charge is 0.507 e. The molecule has 1 aliphatic carbocycles. The Labute approximate surface area is 217 Å². The summed E-state index contributed by atoms with van der Waals surface area (Å²) < 4.78 is 11.1. The molecule has 0 atom stereocenters. The second-order valence-corrected chi connectivity index (χ2v) is 9.40. The monoisotopic (exact) mass is 512 g/mol. The third-order valence-corrected chi connectivity index (χ3v) is 6.54. The van der Waals surface area contributed by atoms with Gasteiger partial charge in [-0.25, -0.2) is 0 Å². The first kappa shape index (κ1) is 24.8. The van der Waals surface area contributed by atoms with Crippen LogP contribution in [-0.4, -0.2) is 33.5 Å². The second-order valence-electron chi connectivity index (χ2n) is 9.40. The van der Waals surface area contributed by atoms with E-state index >= 15 is 0 Å². The van der Waals surface area contributed by atoms with E-state index in [0.29, 0.717) is 41.2 Å². The highest BCUT2D eigenvalue weighted by molar-refractivity contribution is 6.30. The first-order chi connectivity index (χ1) is 18.1. The van der Waals surface area contributed by atoms with Crippen LogP contribution in [0.3, 0.4) is 0 Å². The maximum Gasteiger partial charge on any atom is 0.201 e. The molecular weight excluding hydrogens is 488 g/mol. The van der Waals surface area contributed by atoms with Gasteiger partial charge in [0.2, 0.25) is 5.78 Å². The number of phenols is 3. The predicted molar refractivity (Wildman–Crippen MR) is 140 cm³/mol. The zero-order valence-corrected chi connectivity index (χ0v) is 20.9. The Morgan fingerprint density at radius 3 is 2.32 bits per heavy atom. The molecule has 0 bridgehead atoms. The zero-order chi connectivity index (χ0) is 27.3. The number of aromatic hydroxyl groups is 3. The minimum Gasteiger partial charge on any atom is -0.507 e. The fourth-order valence-corrected chi connectivity index (χ4v) is 4.72. The molecule has 3 N–H and O–H groups in total. The van der Waals surface area contributed by atoms with Gasteiger partial charge in [-0.1, -0.05) is 18.2 Å². The van der Waals surface area contributed by atoms with Crippen LogP contribution in [0, 0.1) is 13.8 Å². The molecule has 6 rings (SSSR count). The number of fused-ring (bicyclic) bond motifs is 4. The van der Waals surface area contributed by atoms with E-state index in [2.05, 4.69) is 0 Å². The lowest BCUT2D eigenvalue weighted by Gasteiger charge is -2.19. The van der Waals surface area contributed by atoms with Gasteiger partial charge in [-0.3, -0.25) is 14.4 Å². The normalized spacial score (nSPS) is 13.8.